The lowest BCUT2D eigenvalue weighted by Crippen LogP contribution is -2.57. The van der Waals surface area contributed by atoms with Crippen molar-refractivity contribution in [3.63, 3.8) is 0 Å². The van der Waals surface area contributed by atoms with E-state index in [4.69, 9.17) is 0 Å². The van der Waals surface area contributed by atoms with Crippen LogP contribution in [0.3, 0.4) is 0 Å². The number of aromatic nitrogens is 2. The Kier molecular flexibility index (Phi) is 5.85. The summed E-state index contributed by atoms with van der Waals surface area (Å²) in [5, 5.41) is 27.0. The maximum absolute atomic E-state index is 15.2. The van der Waals surface area contributed by atoms with Gasteiger partial charge in [0, 0.05) is 31.1 Å². The number of carbonyl (C=O) groups is 1. The van der Waals surface area contributed by atoms with Gasteiger partial charge in [-0.15, -0.1) is 0 Å². The quantitative estimate of drug-likeness (QED) is 0.515. The van der Waals surface area contributed by atoms with E-state index >= 15 is 4.39 Å². The standard InChI is InChI=1S/C25H31F2N9O2/c1-25(2)11-14(8-15-6-7-21(37)35(15)25)29-22-18(27)12-28-23(31-22)30-19-10-20(36-24(38)34(3)32-33-36)16(9-17(19)26)13-4-5-13/h9-10,12-15,24,38H,4-8,11H2,1-3H3,(H2,28,29,30,31). The molecule has 4 heterocycles. The number of carbonyl (C=O) groups excluding carboxylic acids is 1. The van der Waals surface area contributed by atoms with Crippen LogP contribution in [0.2, 0.25) is 0 Å². The summed E-state index contributed by atoms with van der Waals surface area (Å²) < 4.78 is 29.9. The molecule has 3 fully saturated rings. The minimum absolute atomic E-state index is 0.0155. The fourth-order valence-corrected chi connectivity index (χ4v) is 5.99. The van der Waals surface area contributed by atoms with E-state index in [1.165, 1.54) is 16.1 Å². The number of amides is 1. The molecule has 38 heavy (non-hydrogen) atoms. The average Bonchev–Trinajstić information content (AvgIpc) is 3.56. The molecular formula is C25H31F2N9O2. The number of hydrogen-bond donors (Lipinski definition) is 3. The van der Waals surface area contributed by atoms with Gasteiger partial charge in [-0.1, -0.05) is 0 Å². The fraction of sp³-hybridized carbons (Fsp3) is 0.560. The van der Waals surface area contributed by atoms with Crippen LogP contribution >= 0.6 is 0 Å². The van der Waals surface area contributed by atoms with Gasteiger partial charge in [0.05, 0.1) is 17.6 Å². The summed E-state index contributed by atoms with van der Waals surface area (Å²) in [6, 6.07) is 2.99. The number of nitrogens with one attached hydrogen (secondary N) is 2. The Morgan fingerprint density at radius 3 is 2.63 bits per heavy atom. The summed E-state index contributed by atoms with van der Waals surface area (Å²) in [6.07, 6.45) is 4.45. The number of nitrogens with zero attached hydrogens (tertiary/aromatic N) is 7. The van der Waals surface area contributed by atoms with Crippen molar-refractivity contribution in [2.45, 2.75) is 82.3 Å². The Bertz CT molecular complexity index is 1300. The molecule has 0 spiro atoms. The summed E-state index contributed by atoms with van der Waals surface area (Å²) in [6.45, 7) is 4.06. The third kappa shape index (κ3) is 4.38. The molecule has 1 saturated carbocycles. The highest BCUT2D eigenvalue weighted by atomic mass is 19.1. The predicted octanol–water partition coefficient (Wildman–Crippen LogP) is 4.03. The van der Waals surface area contributed by atoms with Crippen LogP contribution in [-0.4, -0.2) is 61.9 Å². The van der Waals surface area contributed by atoms with E-state index in [2.05, 4.69) is 31.0 Å². The van der Waals surface area contributed by atoms with Gasteiger partial charge in [0.1, 0.15) is 5.82 Å². The van der Waals surface area contributed by atoms with Gasteiger partial charge in [-0.05, 0) is 80.0 Å². The van der Waals surface area contributed by atoms with Gasteiger partial charge in [-0.25, -0.2) is 18.8 Å². The molecule has 1 aromatic heterocycles. The normalized spacial score (nSPS) is 26.2. The lowest BCUT2D eigenvalue weighted by Gasteiger charge is -2.47. The van der Waals surface area contributed by atoms with Crippen molar-refractivity contribution in [2.24, 2.45) is 10.4 Å². The van der Waals surface area contributed by atoms with Crippen LogP contribution in [0.15, 0.2) is 28.8 Å². The molecule has 0 bridgehead atoms. The van der Waals surface area contributed by atoms with Gasteiger partial charge < -0.3 is 20.6 Å². The zero-order valence-electron chi connectivity index (χ0n) is 21.5. The minimum atomic E-state index is -1.12. The molecule has 2 saturated heterocycles. The maximum atomic E-state index is 15.2. The fourth-order valence-electron chi connectivity index (χ4n) is 5.99. The van der Waals surface area contributed by atoms with Gasteiger partial charge in [0.15, 0.2) is 11.6 Å². The zero-order chi connectivity index (χ0) is 26.8. The minimum Gasteiger partial charge on any atom is -0.365 e. The zero-order valence-corrected chi connectivity index (χ0v) is 21.5. The van der Waals surface area contributed by atoms with Crippen LogP contribution in [0.4, 0.5) is 31.9 Å². The first-order valence-electron chi connectivity index (χ1n) is 12.9. The molecule has 0 radical (unpaired) electrons. The summed E-state index contributed by atoms with van der Waals surface area (Å²) in [4.78, 5) is 22.6. The third-order valence-electron chi connectivity index (χ3n) is 7.82. The summed E-state index contributed by atoms with van der Waals surface area (Å²) >= 11 is 0. The van der Waals surface area contributed by atoms with E-state index in [0.717, 1.165) is 31.0 Å². The third-order valence-corrected chi connectivity index (χ3v) is 7.82. The number of anilines is 4. The molecule has 1 aromatic carbocycles. The molecule has 11 nitrogen and oxygen atoms in total. The Balaban J connectivity index is 1.24. The molecule has 3 N–H and O–H groups in total. The number of fused-ring (bicyclic) bond motifs is 1. The van der Waals surface area contributed by atoms with Crippen LogP contribution in [0, 0.1) is 11.6 Å². The lowest BCUT2D eigenvalue weighted by molar-refractivity contribution is -0.136. The predicted molar refractivity (Wildman–Crippen MR) is 135 cm³/mol. The SMILES string of the molecule is CN1N=NN(c2cc(Nc3ncc(F)c(NC4CC5CCC(=O)N5C(C)(C)C4)n3)c(F)cc2C2CC2)C1O. The topological polar surface area (TPSA) is 122 Å². The van der Waals surface area contributed by atoms with Crippen molar-refractivity contribution < 1.29 is 18.7 Å². The van der Waals surface area contributed by atoms with Crippen LogP contribution in [-0.2, 0) is 4.79 Å². The van der Waals surface area contributed by atoms with Crippen molar-refractivity contribution in [3.05, 3.63) is 35.5 Å². The molecule has 2 aromatic rings. The number of rotatable bonds is 6. The van der Waals surface area contributed by atoms with Gasteiger partial charge in [0.2, 0.25) is 18.2 Å². The van der Waals surface area contributed by atoms with E-state index in [1.807, 2.05) is 18.7 Å². The summed E-state index contributed by atoms with van der Waals surface area (Å²) in [7, 11) is 1.59. The van der Waals surface area contributed by atoms with Gasteiger partial charge in [0.25, 0.3) is 0 Å². The van der Waals surface area contributed by atoms with Crippen LogP contribution in [0.5, 0.6) is 0 Å². The molecule has 202 valence electrons. The largest absolute Gasteiger partial charge is 0.365 e. The molecule has 1 aliphatic carbocycles. The van der Waals surface area contributed by atoms with Crippen molar-refractivity contribution in [1.82, 2.24) is 19.9 Å². The molecule has 13 heteroatoms. The van der Waals surface area contributed by atoms with Crippen molar-refractivity contribution in [2.75, 3.05) is 22.7 Å². The van der Waals surface area contributed by atoms with E-state index in [1.54, 1.807) is 13.1 Å². The first-order chi connectivity index (χ1) is 18.1. The number of piperidine rings is 1. The second-order valence-electron chi connectivity index (χ2n) is 11.2. The average molecular weight is 528 g/mol. The van der Waals surface area contributed by atoms with E-state index in [9.17, 15) is 14.3 Å². The number of benzene rings is 1. The summed E-state index contributed by atoms with van der Waals surface area (Å²) in [5.74, 6) is -0.746. The van der Waals surface area contributed by atoms with E-state index < -0.39 is 18.0 Å². The number of aliphatic hydroxyl groups excluding tert-OH is 1. The highest BCUT2D eigenvalue weighted by molar-refractivity contribution is 5.80. The second kappa shape index (κ2) is 9.00. The van der Waals surface area contributed by atoms with E-state index in [0.29, 0.717) is 24.9 Å². The van der Waals surface area contributed by atoms with Crippen molar-refractivity contribution >= 4 is 29.0 Å². The van der Waals surface area contributed by atoms with E-state index in [-0.39, 0.29) is 46.9 Å². The second-order valence-corrected chi connectivity index (χ2v) is 11.2. The molecule has 4 aliphatic rings. The lowest BCUT2D eigenvalue weighted by atomic mass is 9.84. The van der Waals surface area contributed by atoms with Gasteiger partial charge in [-0.3, -0.25) is 4.79 Å². The van der Waals surface area contributed by atoms with Crippen LogP contribution in [0.1, 0.15) is 63.9 Å². The smallest absolute Gasteiger partial charge is 0.245 e. The molecule has 3 aliphatic heterocycles. The number of halogens is 2. The van der Waals surface area contributed by atoms with Crippen molar-refractivity contribution in [3.8, 4) is 0 Å². The first kappa shape index (κ1) is 24.7. The molecule has 3 atom stereocenters. The molecular weight excluding hydrogens is 496 g/mol. The Labute approximate surface area is 218 Å². The van der Waals surface area contributed by atoms with Crippen molar-refractivity contribution in [1.29, 1.82) is 0 Å². The first-order valence-corrected chi connectivity index (χ1v) is 12.9. The highest BCUT2D eigenvalue weighted by Crippen LogP contribution is 2.47. The maximum Gasteiger partial charge on any atom is 0.245 e. The monoisotopic (exact) mass is 527 g/mol. The Hall–Kier alpha value is -3.61. The van der Waals surface area contributed by atoms with Gasteiger partial charge in [-0.2, -0.15) is 9.99 Å². The van der Waals surface area contributed by atoms with Crippen LogP contribution < -0.4 is 15.6 Å². The molecule has 6 rings (SSSR count). The molecule has 3 unspecified atom stereocenters. The highest BCUT2D eigenvalue weighted by Gasteiger charge is 2.46. The number of aliphatic hydroxyl groups is 1. The van der Waals surface area contributed by atoms with Crippen LogP contribution in [0.25, 0.3) is 0 Å². The Morgan fingerprint density at radius 1 is 1.13 bits per heavy atom. The molecule has 1 amide bonds. The number of hydrogen-bond acceptors (Lipinski definition) is 10. The Morgan fingerprint density at radius 2 is 1.92 bits per heavy atom. The van der Waals surface area contributed by atoms with Gasteiger partial charge >= 0.3 is 0 Å². The summed E-state index contributed by atoms with van der Waals surface area (Å²) in [5.41, 5.74) is 0.978.